The van der Waals surface area contributed by atoms with Gasteiger partial charge >= 0.3 is 0 Å². The molecule has 0 radical (unpaired) electrons. The Bertz CT molecular complexity index is 439. The van der Waals surface area contributed by atoms with Crippen LogP contribution in [-0.4, -0.2) is 33.8 Å². The molecule has 1 heterocycles. The molecule has 0 fully saturated rings. The average molecular weight is 226 g/mol. The summed E-state index contributed by atoms with van der Waals surface area (Å²) < 4.78 is 1.46. The lowest BCUT2D eigenvalue weighted by Crippen LogP contribution is -2.30. The first-order valence-electron chi connectivity index (χ1n) is 4.83. The molecule has 0 aliphatic rings. The summed E-state index contributed by atoms with van der Waals surface area (Å²) in [6.45, 7) is 1.61. The van der Waals surface area contributed by atoms with Crippen LogP contribution in [0.15, 0.2) is 17.1 Å². The van der Waals surface area contributed by atoms with Crippen molar-refractivity contribution < 1.29 is 15.0 Å². The average Bonchev–Trinajstić information content (AvgIpc) is 2.27. The van der Waals surface area contributed by atoms with Gasteiger partial charge in [0.1, 0.15) is 6.54 Å². The zero-order valence-corrected chi connectivity index (χ0v) is 8.93. The van der Waals surface area contributed by atoms with Crippen molar-refractivity contribution in [2.45, 2.75) is 13.5 Å². The molecule has 6 nitrogen and oxygen atoms in total. The number of hydrogen-bond acceptors (Lipinski definition) is 4. The third-order valence-corrected chi connectivity index (χ3v) is 2.16. The summed E-state index contributed by atoms with van der Waals surface area (Å²) in [6.07, 6.45) is 1.44. The molecule has 3 N–H and O–H groups in total. The number of amides is 1. The maximum atomic E-state index is 11.3. The van der Waals surface area contributed by atoms with Gasteiger partial charge in [-0.25, -0.2) is 0 Å². The SMILES string of the molecule is Cc1c(O)c(=O)ccn1CC(=O)NCCO. The quantitative estimate of drug-likeness (QED) is 0.612. The van der Waals surface area contributed by atoms with Gasteiger partial charge in [0, 0.05) is 18.8 Å². The van der Waals surface area contributed by atoms with Crippen molar-refractivity contribution in [1.82, 2.24) is 9.88 Å². The van der Waals surface area contributed by atoms with E-state index in [-0.39, 0.29) is 31.4 Å². The number of aliphatic hydroxyl groups is 1. The van der Waals surface area contributed by atoms with Gasteiger partial charge in [0.2, 0.25) is 11.3 Å². The van der Waals surface area contributed by atoms with Crippen LogP contribution in [-0.2, 0) is 11.3 Å². The normalized spacial score (nSPS) is 10.1. The number of carbonyl (C=O) groups is 1. The van der Waals surface area contributed by atoms with Crippen molar-refractivity contribution in [3.8, 4) is 5.75 Å². The molecule has 0 bridgehead atoms. The number of pyridine rings is 1. The predicted molar refractivity (Wildman–Crippen MR) is 57.2 cm³/mol. The Morgan fingerprint density at radius 2 is 2.25 bits per heavy atom. The zero-order chi connectivity index (χ0) is 12.1. The van der Waals surface area contributed by atoms with Crippen LogP contribution in [0.25, 0.3) is 0 Å². The van der Waals surface area contributed by atoms with Crippen molar-refractivity contribution in [3.05, 3.63) is 28.2 Å². The van der Waals surface area contributed by atoms with E-state index < -0.39 is 5.43 Å². The summed E-state index contributed by atoms with van der Waals surface area (Å²) >= 11 is 0. The van der Waals surface area contributed by atoms with Crippen molar-refractivity contribution in [2.24, 2.45) is 0 Å². The molecule has 1 rings (SSSR count). The molecule has 0 saturated carbocycles. The largest absolute Gasteiger partial charge is 0.503 e. The van der Waals surface area contributed by atoms with Gasteiger partial charge in [-0.2, -0.15) is 0 Å². The van der Waals surface area contributed by atoms with E-state index in [0.717, 1.165) is 0 Å². The molecule has 0 saturated heterocycles. The summed E-state index contributed by atoms with van der Waals surface area (Å²) in [5.41, 5.74) is -0.129. The Labute approximate surface area is 92.1 Å². The molecule has 0 aliphatic carbocycles. The lowest BCUT2D eigenvalue weighted by atomic mass is 10.3. The monoisotopic (exact) mass is 226 g/mol. The van der Waals surface area contributed by atoms with Crippen LogP contribution in [0, 0.1) is 6.92 Å². The van der Waals surface area contributed by atoms with Gasteiger partial charge in [0.05, 0.1) is 12.3 Å². The molecule has 16 heavy (non-hydrogen) atoms. The Morgan fingerprint density at radius 1 is 1.56 bits per heavy atom. The van der Waals surface area contributed by atoms with Crippen LogP contribution in [0.3, 0.4) is 0 Å². The smallest absolute Gasteiger partial charge is 0.240 e. The third kappa shape index (κ3) is 2.83. The standard InChI is InChI=1S/C10H14N2O4/c1-7-10(16)8(14)2-4-12(7)6-9(15)11-3-5-13/h2,4,13,16H,3,5-6H2,1H3,(H,11,15). The molecule has 0 unspecified atom stereocenters. The number of nitrogens with one attached hydrogen (secondary N) is 1. The summed E-state index contributed by atoms with van der Waals surface area (Å²) in [5.74, 6) is -0.641. The summed E-state index contributed by atoms with van der Waals surface area (Å²) in [4.78, 5) is 22.4. The molecule has 1 aromatic heterocycles. The van der Waals surface area contributed by atoms with Crippen molar-refractivity contribution >= 4 is 5.91 Å². The molecule has 1 amide bonds. The van der Waals surface area contributed by atoms with E-state index in [1.54, 1.807) is 6.92 Å². The fourth-order valence-corrected chi connectivity index (χ4v) is 1.24. The minimum atomic E-state index is -0.468. The Morgan fingerprint density at radius 3 is 2.88 bits per heavy atom. The highest BCUT2D eigenvalue weighted by Crippen LogP contribution is 2.08. The number of nitrogens with zero attached hydrogens (tertiary/aromatic N) is 1. The fraction of sp³-hybridized carbons (Fsp3) is 0.400. The molecule has 0 atom stereocenters. The lowest BCUT2D eigenvalue weighted by Gasteiger charge is -2.11. The lowest BCUT2D eigenvalue weighted by molar-refractivity contribution is -0.121. The number of hydrogen-bond donors (Lipinski definition) is 3. The Kier molecular flexibility index (Phi) is 4.07. The number of rotatable bonds is 4. The first-order chi connectivity index (χ1) is 7.56. The van der Waals surface area contributed by atoms with Gasteiger partial charge in [-0.1, -0.05) is 0 Å². The van der Waals surface area contributed by atoms with E-state index in [0.29, 0.717) is 5.69 Å². The van der Waals surface area contributed by atoms with Crippen LogP contribution in [0.4, 0.5) is 0 Å². The third-order valence-electron chi connectivity index (χ3n) is 2.16. The fourth-order valence-electron chi connectivity index (χ4n) is 1.24. The van der Waals surface area contributed by atoms with E-state index in [2.05, 4.69) is 5.32 Å². The number of aromatic hydroxyl groups is 1. The van der Waals surface area contributed by atoms with E-state index in [9.17, 15) is 14.7 Å². The second-order valence-corrected chi connectivity index (χ2v) is 3.32. The summed E-state index contributed by atoms with van der Waals surface area (Å²) in [5, 5.41) is 20.4. The van der Waals surface area contributed by atoms with Crippen molar-refractivity contribution in [3.63, 3.8) is 0 Å². The topological polar surface area (TPSA) is 91.6 Å². The Hall–Kier alpha value is -1.82. The molecule has 1 aromatic rings. The van der Waals surface area contributed by atoms with Gasteiger partial charge in [-0.05, 0) is 6.92 Å². The molecule has 0 aromatic carbocycles. The molecule has 0 spiro atoms. The van der Waals surface area contributed by atoms with Crippen LogP contribution >= 0.6 is 0 Å². The molecule has 6 heteroatoms. The maximum absolute atomic E-state index is 11.3. The highest BCUT2D eigenvalue weighted by molar-refractivity contribution is 5.75. The van der Waals surface area contributed by atoms with Crippen LogP contribution in [0.1, 0.15) is 5.69 Å². The molecular weight excluding hydrogens is 212 g/mol. The highest BCUT2D eigenvalue weighted by atomic mass is 16.3. The second-order valence-electron chi connectivity index (χ2n) is 3.32. The van der Waals surface area contributed by atoms with Crippen LogP contribution in [0.5, 0.6) is 5.75 Å². The van der Waals surface area contributed by atoms with E-state index in [4.69, 9.17) is 5.11 Å². The minimum Gasteiger partial charge on any atom is -0.503 e. The van der Waals surface area contributed by atoms with Crippen LogP contribution < -0.4 is 10.7 Å². The van der Waals surface area contributed by atoms with E-state index in [1.165, 1.54) is 16.8 Å². The van der Waals surface area contributed by atoms with E-state index in [1.807, 2.05) is 0 Å². The van der Waals surface area contributed by atoms with Gasteiger partial charge in [-0.15, -0.1) is 0 Å². The molecule has 0 aliphatic heterocycles. The highest BCUT2D eigenvalue weighted by Gasteiger charge is 2.08. The minimum absolute atomic E-state index is 0.000324. The second kappa shape index (κ2) is 5.32. The van der Waals surface area contributed by atoms with E-state index >= 15 is 0 Å². The van der Waals surface area contributed by atoms with Gasteiger partial charge in [0.25, 0.3) is 0 Å². The number of carbonyl (C=O) groups excluding carboxylic acids is 1. The van der Waals surface area contributed by atoms with Crippen molar-refractivity contribution in [2.75, 3.05) is 13.2 Å². The first-order valence-corrected chi connectivity index (χ1v) is 4.83. The Balaban J connectivity index is 2.78. The maximum Gasteiger partial charge on any atom is 0.240 e. The molecule has 88 valence electrons. The van der Waals surface area contributed by atoms with Gasteiger partial charge in [-0.3, -0.25) is 9.59 Å². The predicted octanol–water partition coefficient (Wildman–Crippen LogP) is -1.03. The van der Waals surface area contributed by atoms with Gasteiger partial charge < -0.3 is 20.1 Å². The summed E-state index contributed by atoms with van der Waals surface area (Å²) in [6, 6.07) is 1.20. The van der Waals surface area contributed by atoms with Gasteiger partial charge in [0.15, 0.2) is 5.75 Å². The first kappa shape index (κ1) is 12.3. The molecular formula is C10H14N2O4. The zero-order valence-electron chi connectivity index (χ0n) is 8.93. The van der Waals surface area contributed by atoms with Crippen LogP contribution in [0.2, 0.25) is 0 Å². The van der Waals surface area contributed by atoms with Crippen molar-refractivity contribution in [1.29, 1.82) is 0 Å². The summed E-state index contributed by atoms with van der Waals surface area (Å²) in [7, 11) is 0. The number of aliphatic hydroxyl groups excluding tert-OH is 1. The number of aromatic nitrogens is 1.